The maximum absolute atomic E-state index is 13.6. The molecule has 4 fully saturated rings. The molecular weight excluding hydrogens is 436 g/mol. The summed E-state index contributed by atoms with van der Waals surface area (Å²) in [5.74, 6) is 1.08. The number of hydrogen-bond acceptors (Lipinski definition) is 5. The minimum atomic E-state index is -0.543. The van der Waals surface area contributed by atoms with Gasteiger partial charge in [0.2, 0.25) is 5.91 Å². The second-order valence-corrected chi connectivity index (χ2v) is 11.2. The number of aryl methyl sites for hydroxylation is 1. The van der Waals surface area contributed by atoms with Gasteiger partial charge >= 0.3 is 5.97 Å². The van der Waals surface area contributed by atoms with E-state index < -0.39 is 5.97 Å². The predicted molar refractivity (Wildman–Crippen MR) is 129 cm³/mol. The topological polar surface area (TPSA) is 84.5 Å². The molecule has 0 radical (unpaired) electrons. The van der Waals surface area contributed by atoms with E-state index in [4.69, 9.17) is 4.74 Å². The Bertz CT molecular complexity index is 1080. The van der Waals surface area contributed by atoms with Gasteiger partial charge in [-0.3, -0.25) is 9.59 Å². The van der Waals surface area contributed by atoms with Gasteiger partial charge in [0, 0.05) is 5.69 Å². The SMILES string of the molecule is COC(=O)c1c(NC(=O)C23CC4CC(CC(C4)C2)C3)sc(C(=O)Nc2ccc(C)cc2)c1C. The maximum atomic E-state index is 13.6. The van der Waals surface area contributed by atoms with Crippen LogP contribution in [0.3, 0.4) is 0 Å². The van der Waals surface area contributed by atoms with E-state index in [1.165, 1.54) is 26.4 Å². The van der Waals surface area contributed by atoms with E-state index in [2.05, 4.69) is 10.6 Å². The third-order valence-electron chi connectivity index (χ3n) is 7.80. The minimum absolute atomic E-state index is 0.00139. The minimum Gasteiger partial charge on any atom is -0.465 e. The summed E-state index contributed by atoms with van der Waals surface area (Å²) in [7, 11) is 1.32. The Hall–Kier alpha value is -2.67. The Balaban J connectivity index is 1.42. The van der Waals surface area contributed by atoms with E-state index in [-0.39, 0.29) is 22.8 Å². The van der Waals surface area contributed by atoms with Crippen molar-refractivity contribution in [2.75, 3.05) is 17.7 Å². The van der Waals surface area contributed by atoms with Gasteiger partial charge in [-0.25, -0.2) is 4.79 Å². The molecule has 0 unspecified atom stereocenters. The van der Waals surface area contributed by atoms with Gasteiger partial charge in [-0.15, -0.1) is 11.3 Å². The highest BCUT2D eigenvalue weighted by Gasteiger charge is 2.54. The zero-order valence-electron chi connectivity index (χ0n) is 19.3. The molecule has 6 nitrogen and oxygen atoms in total. The second-order valence-electron chi connectivity index (χ2n) is 10.2. The number of rotatable bonds is 5. The quantitative estimate of drug-likeness (QED) is 0.565. The summed E-state index contributed by atoms with van der Waals surface area (Å²) in [6.07, 6.45) is 6.56. The summed E-state index contributed by atoms with van der Waals surface area (Å²) in [5.41, 5.74) is 2.23. The zero-order chi connectivity index (χ0) is 23.3. The number of methoxy groups -OCH3 is 1. The van der Waals surface area contributed by atoms with Crippen LogP contribution in [0.15, 0.2) is 24.3 Å². The van der Waals surface area contributed by atoms with Crippen LogP contribution >= 0.6 is 11.3 Å². The summed E-state index contributed by atoms with van der Waals surface area (Å²) in [6.45, 7) is 3.71. The fourth-order valence-corrected chi connectivity index (χ4v) is 7.70. The molecule has 1 heterocycles. The number of benzene rings is 1. The monoisotopic (exact) mass is 466 g/mol. The van der Waals surface area contributed by atoms with E-state index in [0.717, 1.165) is 36.2 Å². The summed E-state index contributed by atoms with van der Waals surface area (Å²) in [5, 5.41) is 6.37. The van der Waals surface area contributed by atoms with Crippen molar-refractivity contribution >= 4 is 39.8 Å². The van der Waals surface area contributed by atoms with Crippen molar-refractivity contribution in [2.24, 2.45) is 23.2 Å². The Morgan fingerprint density at radius 2 is 1.52 bits per heavy atom. The zero-order valence-corrected chi connectivity index (χ0v) is 20.1. The summed E-state index contributed by atoms with van der Waals surface area (Å²) < 4.78 is 5.00. The lowest BCUT2D eigenvalue weighted by Gasteiger charge is -2.55. The molecule has 0 atom stereocenters. The Labute approximate surface area is 198 Å². The number of amides is 2. The molecule has 4 aliphatic rings. The maximum Gasteiger partial charge on any atom is 0.341 e. The van der Waals surface area contributed by atoms with Gasteiger partial charge < -0.3 is 15.4 Å². The van der Waals surface area contributed by atoms with Crippen molar-refractivity contribution in [1.82, 2.24) is 0 Å². The first-order valence-electron chi connectivity index (χ1n) is 11.7. The van der Waals surface area contributed by atoms with Crippen LogP contribution < -0.4 is 10.6 Å². The van der Waals surface area contributed by atoms with Crippen LogP contribution in [0.5, 0.6) is 0 Å². The third-order valence-corrected chi connectivity index (χ3v) is 9.00. The van der Waals surface area contributed by atoms with Gasteiger partial charge in [0.15, 0.2) is 0 Å². The number of ether oxygens (including phenoxy) is 1. The largest absolute Gasteiger partial charge is 0.465 e. The number of hydrogen-bond donors (Lipinski definition) is 2. The number of thiophene rings is 1. The molecule has 33 heavy (non-hydrogen) atoms. The van der Waals surface area contributed by atoms with Crippen LogP contribution in [0.25, 0.3) is 0 Å². The Morgan fingerprint density at radius 3 is 2.06 bits per heavy atom. The summed E-state index contributed by atoms with van der Waals surface area (Å²) in [4.78, 5) is 39.6. The van der Waals surface area contributed by atoms with Crippen LogP contribution in [0.4, 0.5) is 10.7 Å². The molecule has 1 aromatic heterocycles. The molecule has 6 rings (SSSR count). The number of carbonyl (C=O) groups is 3. The fraction of sp³-hybridized carbons (Fsp3) is 0.500. The van der Waals surface area contributed by atoms with Crippen molar-refractivity contribution in [3.8, 4) is 0 Å². The van der Waals surface area contributed by atoms with E-state index in [1.807, 2.05) is 31.2 Å². The van der Waals surface area contributed by atoms with Gasteiger partial charge in [-0.2, -0.15) is 0 Å². The average Bonchev–Trinajstić information content (AvgIpc) is 3.09. The number of esters is 1. The molecule has 2 amide bonds. The van der Waals surface area contributed by atoms with Crippen molar-refractivity contribution in [2.45, 2.75) is 52.4 Å². The van der Waals surface area contributed by atoms with Gasteiger partial charge in [0.25, 0.3) is 5.91 Å². The van der Waals surface area contributed by atoms with Crippen LogP contribution in [0, 0.1) is 37.0 Å². The molecule has 4 saturated carbocycles. The normalized spacial score (nSPS) is 27.3. The molecule has 1 aromatic carbocycles. The highest BCUT2D eigenvalue weighted by molar-refractivity contribution is 7.19. The van der Waals surface area contributed by atoms with Crippen molar-refractivity contribution < 1.29 is 19.1 Å². The fourth-order valence-electron chi connectivity index (χ4n) is 6.62. The molecule has 174 valence electrons. The predicted octanol–water partition coefficient (Wildman–Crippen LogP) is 5.56. The molecule has 0 saturated heterocycles. The lowest BCUT2D eigenvalue weighted by molar-refractivity contribution is -0.140. The first-order chi connectivity index (χ1) is 15.8. The molecule has 4 aliphatic carbocycles. The molecule has 7 heteroatoms. The number of anilines is 2. The van der Waals surface area contributed by atoms with Gasteiger partial charge in [-0.1, -0.05) is 17.7 Å². The standard InChI is InChI=1S/C26H30N2O4S/c1-14-4-6-19(7-5-14)27-22(29)21-15(2)20(24(30)32-3)23(33-21)28-25(31)26-11-16-8-17(12-26)10-18(9-16)13-26/h4-7,16-18H,8-13H2,1-3H3,(H,27,29)(H,28,31). The van der Waals surface area contributed by atoms with Crippen LogP contribution in [-0.4, -0.2) is 24.9 Å². The highest BCUT2D eigenvalue weighted by atomic mass is 32.1. The van der Waals surface area contributed by atoms with Crippen LogP contribution in [-0.2, 0) is 9.53 Å². The van der Waals surface area contributed by atoms with E-state index >= 15 is 0 Å². The van der Waals surface area contributed by atoms with Gasteiger partial charge in [0.1, 0.15) is 5.00 Å². The summed E-state index contributed by atoms with van der Waals surface area (Å²) >= 11 is 1.15. The Morgan fingerprint density at radius 1 is 0.939 bits per heavy atom. The van der Waals surface area contributed by atoms with E-state index in [1.54, 1.807) is 6.92 Å². The lowest BCUT2D eigenvalue weighted by atomic mass is 9.49. The summed E-state index contributed by atoms with van der Waals surface area (Å²) in [6, 6.07) is 7.53. The third kappa shape index (κ3) is 3.97. The van der Waals surface area contributed by atoms with Crippen LogP contribution in [0.2, 0.25) is 0 Å². The van der Waals surface area contributed by atoms with E-state index in [9.17, 15) is 14.4 Å². The second kappa shape index (κ2) is 8.28. The molecular formula is C26H30N2O4S. The molecule has 4 bridgehead atoms. The highest BCUT2D eigenvalue weighted by Crippen LogP contribution is 2.60. The van der Waals surface area contributed by atoms with E-state index in [0.29, 0.717) is 38.9 Å². The van der Waals surface area contributed by atoms with Crippen molar-refractivity contribution in [3.63, 3.8) is 0 Å². The van der Waals surface area contributed by atoms with Gasteiger partial charge in [-0.05, 0) is 87.8 Å². The lowest BCUT2D eigenvalue weighted by Crippen LogP contribution is -2.51. The van der Waals surface area contributed by atoms with Gasteiger partial charge in [0.05, 0.1) is 23.0 Å². The number of carbonyl (C=O) groups excluding carboxylic acids is 3. The number of nitrogens with one attached hydrogen (secondary N) is 2. The smallest absolute Gasteiger partial charge is 0.341 e. The first kappa shape index (κ1) is 22.1. The van der Waals surface area contributed by atoms with Crippen LogP contribution in [0.1, 0.15) is 69.7 Å². The van der Waals surface area contributed by atoms with Crippen molar-refractivity contribution in [3.05, 3.63) is 45.8 Å². The first-order valence-corrected chi connectivity index (χ1v) is 12.5. The average molecular weight is 467 g/mol. The molecule has 0 spiro atoms. The Kier molecular flexibility index (Phi) is 5.55. The molecule has 0 aliphatic heterocycles. The molecule has 2 N–H and O–H groups in total. The van der Waals surface area contributed by atoms with Crippen molar-refractivity contribution in [1.29, 1.82) is 0 Å². The molecule has 2 aromatic rings.